The van der Waals surface area contributed by atoms with Crippen molar-refractivity contribution in [1.29, 1.82) is 0 Å². The van der Waals surface area contributed by atoms with E-state index in [4.69, 9.17) is 26.6 Å². The van der Waals surface area contributed by atoms with Crippen LogP contribution in [0.3, 0.4) is 0 Å². The zero-order valence-corrected chi connectivity index (χ0v) is 19.6. The molecule has 0 aromatic carbocycles. The van der Waals surface area contributed by atoms with Crippen LogP contribution in [0.25, 0.3) is 0 Å². The molecule has 28 heavy (non-hydrogen) atoms. The first kappa shape index (κ1) is 27.1. The molecule has 12 heteroatoms. The Kier molecular flexibility index (Phi) is 12.3. The van der Waals surface area contributed by atoms with E-state index in [0.29, 0.717) is 24.9 Å². The largest absolute Gasteiger partial charge is 0.500 e. The molecule has 0 aliphatic carbocycles. The fourth-order valence-electron chi connectivity index (χ4n) is 3.28. The summed E-state index contributed by atoms with van der Waals surface area (Å²) in [6, 6.07) is 0.774. The number of hydrogen-bond donors (Lipinski definition) is 2. The highest BCUT2D eigenvalue weighted by Gasteiger charge is 2.44. The van der Waals surface area contributed by atoms with Gasteiger partial charge in [-0.2, -0.15) is 0 Å². The molecule has 0 unspecified atom stereocenters. The summed E-state index contributed by atoms with van der Waals surface area (Å²) in [5.74, 6) is -2.31. The number of rotatable bonds is 17. The number of aliphatic carboxylic acids is 2. The summed E-state index contributed by atoms with van der Waals surface area (Å²) in [6.45, 7) is 0. The van der Waals surface area contributed by atoms with E-state index >= 15 is 0 Å². The van der Waals surface area contributed by atoms with E-state index in [1.165, 1.54) is 42.7 Å². The molecule has 0 amide bonds. The molecule has 166 valence electrons. The first-order chi connectivity index (χ1) is 13.1. The average molecular weight is 443 g/mol. The minimum Gasteiger partial charge on any atom is -0.481 e. The summed E-state index contributed by atoms with van der Waals surface area (Å²) in [5.41, 5.74) is -1.42. The molecule has 0 atom stereocenters. The van der Waals surface area contributed by atoms with Crippen LogP contribution in [0.5, 0.6) is 0 Å². The van der Waals surface area contributed by atoms with Crippen LogP contribution in [0.4, 0.5) is 0 Å². The highest BCUT2D eigenvalue weighted by atomic mass is 28.4. The summed E-state index contributed by atoms with van der Waals surface area (Å²) in [6.07, 6.45) is 0.610. The van der Waals surface area contributed by atoms with Crippen LogP contribution in [0.1, 0.15) is 32.1 Å². The van der Waals surface area contributed by atoms with Crippen molar-refractivity contribution in [3.8, 4) is 0 Å². The number of carboxylic acid groups (broad SMARTS) is 2. The Labute approximate surface area is 168 Å². The molecule has 0 aliphatic heterocycles. The third-order valence-electron chi connectivity index (χ3n) is 5.09. The molecule has 10 nitrogen and oxygen atoms in total. The molecule has 2 N–H and O–H groups in total. The molecule has 0 saturated carbocycles. The molecule has 0 aliphatic rings. The van der Waals surface area contributed by atoms with Gasteiger partial charge in [0, 0.05) is 54.7 Å². The van der Waals surface area contributed by atoms with Crippen LogP contribution in [0.2, 0.25) is 12.1 Å². The summed E-state index contributed by atoms with van der Waals surface area (Å²) < 4.78 is 32.1. The quantitative estimate of drug-likeness (QED) is 0.322. The standard InChI is InChI=1S/C16H34O10Si2/c1-21-27(22-2,23-3)11-7-9-16(15(19)20,13-14(17)18)10-8-12-28(24-4,25-5)26-6/h7-13H2,1-6H3,(H,17,18)(H,19,20). The van der Waals surface area contributed by atoms with Gasteiger partial charge in [-0.3, -0.25) is 9.59 Å². The first-order valence-electron chi connectivity index (χ1n) is 8.90. The van der Waals surface area contributed by atoms with Gasteiger partial charge < -0.3 is 36.8 Å². The van der Waals surface area contributed by atoms with E-state index in [9.17, 15) is 19.8 Å². The van der Waals surface area contributed by atoms with Gasteiger partial charge in [-0.15, -0.1) is 0 Å². The predicted octanol–water partition coefficient (Wildman–Crippen LogP) is 1.85. The lowest BCUT2D eigenvalue weighted by Gasteiger charge is -2.31. The third kappa shape index (κ3) is 7.52. The van der Waals surface area contributed by atoms with Gasteiger partial charge in [-0.25, -0.2) is 0 Å². The van der Waals surface area contributed by atoms with Gasteiger partial charge in [0.25, 0.3) is 0 Å². The normalized spacial score (nSPS) is 12.9. The second-order valence-electron chi connectivity index (χ2n) is 6.45. The van der Waals surface area contributed by atoms with Crippen molar-refractivity contribution in [1.82, 2.24) is 0 Å². The number of carboxylic acids is 2. The van der Waals surface area contributed by atoms with Gasteiger partial charge in [0.1, 0.15) is 0 Å². The highest BCUT2D eigenvalue weighted by Crippen LogP contribution is 2.37. The fourth-order valence-corrected chi connectivity index (χ4v) is 6.72. The molecule has 0 bridgehead atoms. The SMILES string of the molecule is CO[Si](CCCC(CCC[Si](OC)(OC)OC)(CC(=O)O)C(=O)O)(OC)OC. The Morgan fingerprint density at radius 3 is 1.25 bits per heavy atom. The summed E-state index contributed by atoms with van der Waals surface area (Å²) in [7, 11) is 3.14. The topological polar surface area (TPSA) is 130 Å². The molecule has 0 spiro atoms. The van der Waals surface area contributed by atoms with Crippen molar-refractivity contribution in [2.75, 3.05) is 42.7 Å². The Morgan fingerprint density at radius 1 is 0.714 bits per heavy atom. The monoisotopic (exact) mass is 442 g/mol. The zero-order chi connectivity index (χ0) is 21.8. The third-order valence-corrected chi connectivity index (χ3v) is 10.7. The predicted molar refractivity (Wildman–Crippen MR) is 104 cm³/mol. The van der Waals surface area contributed by atoms with Crippen LogP contribution in [0.15, 0.2) is 0 Å². The van der Waals surface area contributed by atoms with Crippen molar-refractivity contribution < 1.29 is 46.4 Å². The van der Waals surface area contributed by atoms with Crippen LogP contribution in [0, 0.1) is 5.41 Å². The van der Waals surface area contributed by atoms with Gasteiger partial charge in [0.05, 0.1) is 11.8 Å². The number of hydrogen-bond acceptors (Lipinski definition) is 8. The maximum absolute atomic E-state index is 12.1. The van der Waals surface area contributed by atoms with Gasteiger partial charge in [-0.1, -0.05) is 0 Å². The molecule has 0 radical (unpaired) electrons. The maximum Gasteiger partial charge on any atom is 0.500 e. The molecule has 0 saturated heterocycles. The Balaban J connectivity index is 5.27. The molecule has 0 rings (SSSR count). The molecular formula is C16H34O10Si2. The van der Waals surface area contributed by atoms with E-state index in [0.717, 1.165) is 0 Å². The van der Waals surface area contributed by atoms with Gasteiger partial charge >= 0.3 is 29.5 Å². The molecule has 0 fully saturated rings. The van der Waals surface area contributed by atoms with Crippen molar-refractivity contribution >= 4 is 29.5 Å². The second kappa shape index (κ2) is 12.6. The van der Waals surface area contributed by atoms with Crippen LogP contribution < -0.4 is 0 Å². The lowest BCUT2D eigenvalue weighted by Crippen LogP contribution is -2.44. The van der Waals surface area contributed by atoms with Crippen molar-refractivity contribution in [2.45, 2.75) is 44.2 Å². The van der Waals surface area contributed by atoms with Crippen LogP contribution >= 0.6 is 0 Å². The van der Waals surface area contributed by atoms with Gasteiger partial charge in [0.2, 0.25) is 0 Å². The minimum atomic E-state index is -2.86. The van der Waals surface area contributed by atoms with E-state index in [2.05, 4.69) is 0 Å². The zero-order valence-electron chi connectivity index (χ0n) is 17.6. The van der Waals surface area contributed by atoms with Crippen molar-refractivity contribution in [2.24, 2.45) is 5.41 Å². The van der Waals surface area contributed by atoms with Crippen LogP contribution in [-0.2, 0) is 36.1 Å². The minimum absolute atomic E-state index is 0.154. The van der Waals surface area contributed by atoms with Crippen molar-refractivity contribution in [3.05, 3.63) is 0 Å². The molecule has 0 aromatic rings. The van der Waals surface area contributed by atoms with E-state index < -0.39 is 41.4 Å². The summed E-state index contributed by atoms with van der Waals surface area (Å²) in [4.78, 5) is 23.4. The van der Waals surface area contributed by atoms with E-state index in [1.54, 1.807) is 0 Å². The molecular weight excluding hydrogens is 408 g/mol. The second-order valence-corrected chi connectivity index (χ2v) is 12.6. The lowest BCUT2D eigenvalue weighted by molar-refractivity contribution is -0.157. The Morgan fingerprint density at radius 2 is 1.04 bits per heavy atom. The Bertz CT molecular complexity index is 438. The lowest BCUT2D eigenvalue weighted by atomic mass is 9.76. The average Bonchev–Trinajstić information content (AvgIpc) is 2.68. The van der Waals surface area contributed by atoms with Gasteiger partial charge in [-0.05, 0) is 25.7 Å². The Hall–Kier alpha value is -0.866. The van der Waals surface area contributed by atoms with Crippen LogP contribution in [-0.4, -0.2) is 82.4 Å². The fraction of sp³-hybridized carbons (Fsp3) is 0.875. The maximum atomic E-state index is 12.1. The van der Waals surface area contributed by atoms with Crippen molar-refractivity contribution in [3.63, 3.8) is 0 Å². The molecule has 0 heterocycles. The first-order valence-corrected chi connectivity index (χ1v) is 12.8. The summed E-state index contributed by atoms with van der Waals surface area (Å²) in [5, 5.41) is 19.1. The van der Waals surface area contributed by atoms with E-state index in [1.807, 2.05) is 0 Å². The van der Waals surface area contributed by atoms with E-state index in [-0.39, 0.29) is 12.8 Å². The number of carbonyl (C=O) groups is 2. The highest BCUT2D eigenvalue weighted by molar-refractivity contribution is 6.60. The summed E-state index contributed by atoms with van der Waals surface area (Å²) >= 11 is 0. The smallest absolute Gasteiger partial charge is 0.481 e. The van der Waals surface area contributed by atoms with Gasteiger partial charge in [0.15, 0.2) is 0 Å². The molecule has 0 aromatic heterocycles.